The fourth-order valence-electron chi connectivity index (χ4n) is 2.28. The summed E-state index contributed by atoms with van der Waals surface area (Å²) in [5, 5.41) is 5.91. The molecule has 0 heterocycles. The molecule has 2 aromatic rings. The van der Waals surface area contributed by atoms with Crippen molar-refractivity contribution in [1.82, 2.24) is 5.32 Å². The number of hydrogen-bond acceptors (Lipinski definition) is 4. The van der Waals surface area contributed by atoms with E-state index in [4.69, 9.17) is 21.7 Å². The third-order valence-corrected chi connectivity index (χ3v) is 3.75. The lowest BCUT2D eigenvalue weighted by Gasteiger charge is -2.15. The highest BCUT2D eigenvalue weighted by molar-refractivity contribution is 7.80. The molecule has 2 aromatic carbocycles. The van der Waals surface area contributed by atoms with Gasteiger partial charge in [0, 0.05) is 0 Å². The number of amides is 1. The second kappa shape index (κ2) is 10.4. The van der Waals surface area contributed by atoms with E-state index < -0.39 is 0 Å². The smallest absolute Gasteiger partial charge is 0.261 e. The average molecular weight is 372 g/mol. The first-order valence-corrected chi connectivity index (χ1v) is 9.12. The minimum absolute atomic E-state index is 0.202. The van der Waals surface area contributed by atoms with Crippen molar-refractivity contribution in [2.75, 3.05) is 18.5 Å². The number of rotatable bonds is 8. The van der Waals surface area contributed by atoms with Gasteiger partial charge in [-0.3, -0.25) is 10.1 Å². The average Bonchev–Trinajstić information content (AvgIpc) is 2.64. The Labute approximate surface area is 159 Å². The van der Waals surface area contributed by atoms with E-state index >= 15 is 0 Å². The first-order chi connectivity index (χ1) is 12.7. The van der Waals surface area contributed by atoms with E-state index in [-0.39, 0.29) is 11.0 Å². The Morgan fingerprint density at radius 3 is 2.42 bits per heavy atom. The number of anilines is 1. The summed E-state index contributed by atoms with van der Waals surface area (Å²) in [6, 6.07) is 14.6. The van der Waals surface area contributed by atoms with Crippen LogP contribution in [0.2, 0.25) is 0 Å². The summed E-state index contributed by atoms with van der Waals surface area (Å²) in [4.78, 5) is 12.5. The number of nitrogens with one attached hydrogen (secondary N) is 2. The zero-order valence-corrected chi connectivity index (χ0v) is 15.9. The molecule has 0 atom stereocenters. The van der Waals surface area contributed by atoms with Crippen LogP contribution in [0.5, 0.6) is 11.5 Å². The fourth-order valence-corrected chi connectivity index (χ4v) is 2.48. The molecule has 5 nitrogen and oxygen atoms in total. The fraction of sp³-hybridized carbons (Fsp3) is 0.300. The molecule has 6 heteroatoms. The van der Waals surface area contributed by atoms with Crippen LogP contribution >= 0.6 is 12.2 Å². The number of unbranched alkanes of at least 4 members (excludes halogenated alkanes) is 1. The Bertz CT molecular complexity index is 749. The Balaban J connectivity index is 2.02. The van der Waals surface area contributed by atoms with Gasteiger partial charge in [-0.1, -0.05) is 37.6 Å². The summed E-state index contributed by atoms with van der Waals surface area (Å²) in [7, 11) is 0. The maximum Gasteiger partial charge on any atom is 0.261 e. The number of carbonyl (C=O) groups is 1. The summed E-state index contributed by atoms with van der Waals surface area (Å²) in [6.07, 6.45) is 2.03. The topological polar surface area (TPSA) is 59.6 Å². The van der Waals surface area contributed by atoms with Crippen LogP contribution in [0.4, 0.5) is 5.69 Å². The van der Waals surface area contributed by atoms with Crippen LogP contribution in [0.3, 0.4) is 0 Å². The molecule has 0 aliphatic carbocycles. The van der Waals surface area contributed by atoms with Crippen molar-refractivity contribution in [3.05, 3.63) is 54.1 Å². The standard InChI is InChI=1S/C20H24N2O3S/c1-3-5-14-25-18-13-9-7-11-16(18)21-20(26)22-19(23)15-10-6-8-12-17(15)24-4-2/h6-13H,3-5,14H2,1-2H3,(H2,21,22,23,26). The largest absolute Gasteiger partial charge is 0.493 e. The molecule has 0 aliphatic rings. The summed E-state index contributed by atoms with van der Waals surface area (Å²) in [6.45, 7) is 5.10. The van der Waals surface area contributed by atoms with Gasteiger partial charge >= 0.3 is 0 Å². The van der Waals surface area contributed by atoms with Gasteiger partial charge in [-0.05, 0) is 49.8 Å². The summed E-state index contributed by atoms with van der Waals surface area (Å²) < 4.78 is 11.3. The van der Waals surface area contributed by atoms with Gasteiger partial charge in [0.25, 0.3) is 5.91 Å². The molecule has 0 saturated heterocycles. The molecule has 2 N–H and O–H groups in total. The molecule has 138 valence electrons. The molecule has 0 aliphatic heterocycles. The SMILES string of the molecule is CCCCOc1ccccc1NC(=S)NC(=O)c1ccccc1OCC. The van der Waals surface area contributed by atoms with Crippen molar-refractivity contribution < 1.29 is 14.3 Å². The molecular formula is C20H24N2O3S. The predicted octanol–water partition coefficient (Wildman–Crippen LogP) is 4.39. The number of benzene rings is 2. The highest BCUT2D eigenvalue weighted by Gasteiger charge is 2.14. The quantitative estimate of drug-likeness (QED) is 0.532. The molecule has 0 saturated carbocycles. The van der Waals surface area contributed by atoms with Crippen molar-refractivity contribution >= 4 is 28.9 Å². The van der Waals surface area contributed by atoms with Crippen LogP contribution in [0.1, 0.15) is 37.0 Å². The van der Waals surface area contributed by atoms with Crippen LogP contribution in [0.25, 0.3) is 0 Å². The van der Waals surface area contributed by atoms with Gasteiger partial charge in [-0.15, -0.1) is 0 Å². The van der Waals surface area contributed by atoms with E-state index in [1.54, 1.807) is 18.2 Å². The normalized spacial score (nSPS) is 10.1. The van der Waals surface area contributed by atoms with E-state index in [9.17, 15) is 4.79 Å². The third-order valence-electron chi connectivity index (χ3n) is 3.55. The lowest BCUT2D eigenvalue weighted by atomic mass is 10.2. The lowest BCUT2D eigenvalue weighted by molar-refractivity contribution is 0.0974. The predicted molar refractivity (Wildman–Crippen MR) is 108 cm³/mol. The van der Waals surface area contributed by atoms with Gasteiger partial charge in [-0.25, -0.2) is 0 Å². The van der Waals surface area contributed by atoms with Gasteiger partial charge in [0.1, 0.15) is 11.5 Å². The third kappa shape index (κ3) is 5.74. The van der Waals surface area contributed by atoms with Crippen LogP contribution in [0.15, 0.2) is 48.5 Å². The van der Waals surface area contributed by atoms with E-state index in [2.05, 4.69) is 17.6 Å². The van der Waals surface area contributed by atoms with E-state index in [1.807, 2.05) is 37.3 Å². The molecule has 2 rings (SSSR count). The molecule has 26 heavy (non-hydrogen) atoms. The number of hydrogen-bond donors (Lipinski definition) is 2. The minimum Gasteiger partial charge on any atom is -0.493 e. The number of thiocarbonyl (C=S) groups is 1. The Hall–Kier alpha value is -2.60. The molecule has 0 spiro atoms. The second-order valence-electron chi connectivity index (χ2n) is 5.54. The zero-order chi connectivity index (χ0) is 18.8. The first kappa shape index (κ1) is 19.7. The number of carbonyl (C=O) groups excluding carboxylic acids is 1. The Kier molecular flexibility index (Phi) is 7.89. The molecule has 0 fully saturated rings. The highest BCUT2D eigenvalue weighted by atomic mass is 32.1. The maximum absolute atomic E-state index is 12.5. The van der Waals surface area contributed by atoms with Gasteiger partial charge in [0.2, 0.25) is 0 Å². The Morgan fingerprint density at radius 1 is 1.00 bits per heavy atom. The van der Waals surface area contributed by atoms with Crippen LogP contribution in [0, 0.1) is 0 Å². The minimum atomic E-state index is -0.323. The van der Waals surface area contributed by atoms with Crippen LogP contribution in [-0.2, 0) is 0 Å². The van der Waals surface area contributed by atoms with E-state index in [1.165, 1.54) is 0 Å². The molecule has 0 aromatic heterocycles. The van der Waals surface area contributed by atoms with Gasteiger partial charge in [0.15, 0.2) is 5.11 Å². The van der Waals surface area contributed by atoms with Crippen molar-refractivity contribution in [3.8, 4) is 11.5 Å². The molecule has 0 unspecified atom stereocenters. The van der Waals surface area contributed by atoms with Gasteiger partial charge in [-0.2, -0.15) is 0 Å². The maximum atomic E-state index is 12.5. The van der Waals surface area contributed by atoms with Crippen LogP contribution in [-0.4, -0.2) is 24.2 Å². The van der Waals surface area contributed by atoms with E-state index in [0.29, 0.717) is 36.0 Å². The van der Waals surface area contributed by atoms with Crippen LogP contribution < -0.4 is 20.1 Å². The summed E-state index contributed by atoms with van der Waals surface area (Å²) in [5.74, 6) is 0.904. The Morgan fingerprint density at radius 2 is 1.69 bits per heavy atom. The molecule has 0 bridgehead atoms. The van der Waals surface area contributed by atoms with Crippen molar-refractivity contribution in [3.63, 3.8) is 0 Å². The molecular weight excluding hydrogens is 348 g/mol. The van der Waals surface area contributed by atoms with Gasteiger partial charge < -0.3 is 14.8 Å². The van der Waals surface area contributed by atoms with Crippen molar-refractivity contribution in [2.24, 2.45) is 0 Å². The first-order valence-electron chi connectivity index (χ1n) is 8.71. The van der Waals surface area contributed by atoms with Gasteiger partial charge in [0.05, 0.1) is 24.5 Å². The van der Waals surface area contributed by atoms with E-state index in [0.717, 1.165) is 12.8 Å². The second-order valence-corrected chi connectivity index (χ2v) is 5.94. The monoisotopic (exact) mass is 372 g/mol. The molecule has 1 amide bonds. The van der Waals surface area contributed by atoms with Crippen molar-refractivity contribution in [1.29, 1.82) is 0 Å². The summed E-state index contributed by atoms with van der Waals surface area (Å²) in [5.41, 5.74) is 1.15. The molecule has 0 radical (unpaired) electrons. The summed E-state index contributed by atoms with van der Waals surface area (Å²) >= 11 is 5.28. The number of ether oxygens (including phenoxy) is 2. The highest BCUT2D eigenvalue weighted by Crippen LogP contribution is 2.24. The number of para-hydroxylation sites is 3. The lowest BCUT2D eigenvalue weighted by Crippen LogP contribution is -2.34. The zero-order valence-electron chi connectivity index (χ0n) is 15.1. The van der Waals surface area contributed by atoms with Crippen molar-refractivity contribution in [2.45, 2.75) is 26.7 Å².